The Hall–Kier alpha value is -5.32. The number of anilines is 2. The number of rotatable bonds is 27. The van der Waals surface area contributed by atoms with Crippen LogP contribution in [0.25, 0.3) is 33.0 Å². The number of Topliss-reactive ketones (excluding diaryl/α,β-unsaturated/α-hetero) is 1. The minimum Gasteiger partial charge on any atom is -0.485 e. The first-order valence-electron chi connectivity index (χ1n) is 28.6. The molecule has 0 saturated carbocycles. The molecule has 0 bridgehead atoms. The highest BCUT2D eigenvalue weighted by atomic mass is 35.5. The van der Waals surface area contributed by atoms with Gasteiger partial charge in [-0.1, -0.05) is 58.9 Å². The van der Waals surface area contributed by atoms with Crippen LogP contribution in [0.4, 0.5) is 11.4 Å². The molecule has 16 heteroatoms. The number of hydrogen-bond donors (Lipinski definition) is 1. The van der Waals surface area contributed by atoms with E-state index < -0.39 is 0 Å². The summed E-state index contributed by atoms with van der Waals surface area (Å²) in [6.07, 6.45) is 16.4. The summed E-state index contributed by atoms with van der Waals surface area (Å²) in [5.74, 6) is 2.36. The number of carbonyl (C=O) groups excluding carboxylic acids is 2. The van der Waals surface area contributed by atoms with E-state index in [0.29, 0.717) is 71.2 Å². The van der Waals surface area contributed by atoms with Crippen molar-refractivity contribution in [3.8, 4) is 11.5 Å². The van der Waals surface area contributed by atoms with Crippen LogP contribution in [0, 0.1) is 0 Å². The number of benzene rings is 4. The van der Waals surface area contributed by atoms with Gasteiger partial charge in [0.2, 0.25) is 16.9 Å². The molecule has 6 aromatic rings. The number of hydrogen-bond acceptors (Lipinski definition) is 11. The fourth-order valence-electron chi connectivity index (χ4n) is 12.1. The molecule has 12 rings (SSSR count). The molecule has 6 aliphatic heterocycles. The van der Waals surface area contributed by atoms with Crippen molar-refractivity contribution in [2.45, 2.75) is 125 Å². The number of ketones is 1. The molecule has 6 aliphatic rings. The molecule has 2 aromatic heterocycles. The van der Waals surface area contributed by atoms with Gasteiger partial charge in [-0.25, -0.2) is 0 Å². The Morgan fingerprint density at radius 3 is 1.61 bits per heavy atom. The molecule has 4 aromatic carbocycles. The van der Waals surface area contributed by atoms with E-state index in [9.17, 15) is 9.59 Å². The smallest absolute Gasteiger partial charge is 0.219 e. The number of pyridine rings is 2. The predicted molar refractivity (Wildman–Crippen MR) is 315 cm³/mol. The summed E-state index contributed by atoms with van der Waals surface area (Å²) < 4.78 is 35.2. The number of nitrogens with one attached hydrogen (secondary N) is 1. The number of ether oxygens (including phenoxy) is 5. The van der Waals surface area contributed by atoms with Gasteiger partial charge in [-0.3, -0.25) is 9.59 Å². The summed E-state index contributed by atoms with van der Waals surface area (Å²) in [6, 6.07) is 29.7. The number of unbranched alkanes of at least 4 members (excludes halogenated alkanes) is 5. The first-order chi connectivity index (χ1) is 38.9. The molecule has 0 radical (unpaired) electrons. The normalized spacial score (nSPS) is 17.3. The second-order valence-corrected chi connectivity index (χ2v) is 24.2. The number of amides is 1. The molecule has 79 heavy (non-hydrogen) atoms. The zero-order valence-electron chi connectivity index (χ0n) is 44.8. The van der Waals surface area contributed by atoms with Crippen molar-refractivity contribution in [1.29, 1.82) is 0 Å². The fourth-order valence-corrected chi connectivity index (χ4v) is 15.0. The minimum atomic E-state index is 0.0347. The molecule has 0 saturated heterocycles. The van der Waals surface area contributed by atoms with Crippen LogP contribution < -0.4 is 33.7 Å². The third kappa shape index (κ3) is 11.9. The Morgan fingerprint density at radius 1 is 0.570 bits per heavy atom. The number of halogens is 2. The lowest BCUT2D eigenvalue weighted by atomic mass is 9.90. The minimum absolute atomic E-state index is 0.0347. The lowest BCUT2D eigenvalue weighted by Gasteiger charge is -2.37. The highest BCUT2D eigenvalue weighted by Crippen LogP contribution is 2.56. The van der Waals surface area contributed by atoms with Crippen molar-refractivity contribution in [2.24, 2.45) is 0 Å². The maximum atomic E-state index is 12.7. The maximum absolute atomic E-state index is 12.7. The summed E-state index contributed by atoms with van der Waals surface area (Å²) in [4.78, 5) is 32.6. The zero-order chi connectivity index (χ0) is 53.7. The first-order valence-corrected chi connectivity index (χ1v) is 31.0. The largest absolute Gasteiger partial charge is 0.485 e. The van der Waals surface area contributed by atoms with Gasteiger partial charge in [-0.05, 0) is 93.5 Å². The highest BCUT2D eigenvalue weighted by molar-refractivity contribution is 8.04. The van der Waals surface area contributed by atoms with Crippen molar-refractivity contribution >= 4 is 103 Å². The second-order valence-electron chi connectivity index (χ2n) is 21.3. The third-order valence-electron chi connectivity index (χ3n) is 16.0. The van der Waals surface area contributed by atoms with E-state index in [-0.39, 0.29) is 18.1 Å². The van der Waals surface area contributed by atoms with Gasteiger partial charge in [0.1, 0.15) is 42.6 Å². The maximum Gasteiger partial charge on any atom is 0.219 e. The highest BCUT2D eigenvalue weighted by Gasteiger charge is 2.42. The Labute approximate surface area is 481 Å². The lowest BCUT2D eigenvalue weighted by molar-refractivity contribution is -0.672. The van der Waals surface area contributed by atoms with E-state index in [1.807, 2.05) is 35.7 Å². The van der Waals surface area contributed by atoms with Gasteiger partial charge in [0.25, 0.3) is 0 Å². The van der Waals surface area contributed by atoms with Crippen LogP contribution in [0.1, 0.15) is 101 Å². The van der Waals surface area contributed by atoms with E-state index >= 15 is 0 Å². The second kappa shape index (κ2) is 25.2. The van der Waals surface area contributed by atoms with E-state index in [2.05, 4.69) is 109 Å². The number of fused-ring (bicyclic) bond motifs is 10. The molecule has 1 amide bonds. The zero-order valence-corrected chi connectivity index (χ0v) is 47.9. The topological polar surface area (TPSA) is 107 Å². The molecule has 0 spiro atoms. The van der Waals surface area contributed by atoms with E-state index in [1.165, 1.54) is 75.3 Å². The van der Waals surface area contributed by atoms with E-state index in [0.717, 1.165) is 118 Å². The lowest BCUT2D eigenvalue weighted by Crippen LogP contribution is -2.38. The van der Waals surface area contributed by atoms with Gasteiger partial charge in [0.05, 0.1) is 58.6 Å². The summed E-state index contributed by atoms with van der Waals surface area (Å²) in [7, 11) is 0. The third-order valence-corrected chi connectivity index (χ3v) is 18.8. The average Bonchev–Trinajstić information content (AvgIpc) is 4.07. The fraction of sp³-hybridized carbons (Fsp3) is 0.429. The molecule has 12 nitrogen and oxygen atoms in total. The van der Waals surface area contributed by atoms with Crippen molar-refractivity contribution in [1.82, 2.24) is 5.32 Å². The van der Waals surface area contributed by atoms with Crippen LogP contribution in [0.2, 0.25) is 10.0 Å². The number of carbonyl (C=O) groups is 2. The van der Waals surface area contributed by atoms with Crippen LogP contribution in [0.5, 0.6) is 11.5 Å². The van der Waals surface area contributed by atoms with E-state index in [4.69, 9.17) is 46.9 Å². The monoisotopic (exact) mass is 1140 g/mol. The number of thioether (sulfide) groups is 2. The number of aryl methyl sites for hydroxylation is 2. The number of aromatic nitrogens is 2. The molecule has 2 unspecified atom stereocenters. The van der Waals surface area contributed by atoms with Gasteiger partial charge in [-0.15, -0.1) is 0 Å². The quantitative estimate of drug-likeness (QED) is 0.0394. The molecule has 8 heterocycles. The summed E-state index contributed by atoms with van der Waals surface area (Å²) >= 11 is 16.5. The van der Waals surface area contributed by atoms with Crippen LogP contribution in [0.3, 0.4) is 0 Å². The van der Waals surface area contributed by atoms with Crippen molar-refractivity contribution in [3.05, 3.63) is 129 Å². The number of nitrogens with zero attached hydrogens (tertiary/aromatic N) is 4. The predicted octanol–water partition coefficient (Wildman–Crippen LogP) is 12.9. The summed E-state index contributed by atoms with van der Waals surface area (Å²) in [5.41, 5.74) is 9.84. The van der Waals surface area contributed by atoms with Crippen molar-refractivity contribution < 1.29 is 42.4 Å². The Bertz CT molecular complexity index is 3120. The van der Waals surface area contributed by atoms with Gasteiger partial charge in [-0.2, -0.15) is 9.13 Å². The van der Waals surface area contributed by atoms with Crippen molar-refractivity contribution in [3.63, 3.8) is 0 Å². The Balaban J connectivity index is 0.465. The van der Waals surface area contributed by atoms with Crippen LogP contribution >= 0.6 is 46.7 Å². The molecule has 412 valence electrons. The average molecular weight is 1140 g/mol. The molecule has 0 fully saturated rings. The van der Waals surface area contributed by atoms with Gasteiger partial charge < -0.3 is 38.8 Å². The SMILES string of the molecule is O=C(CCCCC[n+]1ccc2c3c(cccc31)OC1CCN3C(=C21)Sc1ccc(Cl)cc13)CCCCOCCOCCOCCCNC(=O)CCCCC[n+]1ccc2c3c(cccc31)OC1CCN3C(=C21)Sc1ccc(Cl)cc13. The molecule has 0 aliphatic carbocycles. The van der Waals surface area contributed by atoms with Crippen LogP contribution in [-0.4, -0.2) is 83.2 Å². The molecular formula is C63H69Cl2N5O7S2+2. The summed E-state index contributed by atoms with van der Waals surface area (Å²) in [6.45, 7) is 7.43. The standard InChI is InChI=1S/C63H68Cl2N5O7S2/c64-42-19-21-55-49(40-42)69-32-25-53-60(62(69)78-55)45-23-30-67(47-14-9-16-51(76-53)58(45)47)28-6-1-3-12-44(71)13-5-8-34-73-36-38-75-39-37-74-35-11-27-66-57(72)18-4-2-7-29-68-31-24-46-59-48(68)15-10-17-52(59)77-54-26-33-70-50-41-43(65)20-22-56(50)79-63(70)61(46)54/h9-10,14-17,19-24,30-31,40-41,53-54H,1-8,11-13,18,25-29,32-39H2/q+1/p+1. The van der Waals surface area contributed by atoms with Crippen LogP contribution in [-0.2, 0) is 36.9 Å². The molecular weight excluding hydrogens is 1070 g/mol. The van der Waals surface area contributed by atoms with Gasteiger partial charge in [0.15, 0.2) is 12.4 Å². The first kappa shape index (κ1) is 54.3. The van der Waals surface area contributed by atoms with Crippen molar-refractivity contribution in [2.75, 3.05) is 69.1 Å². The van der Waals surface area contributed by atoms with Gasteiger partial charge in [0, 0.05) is 144 Å². The Kier molecular flexibility index (Phi) is 17.3. The van der Waals surface area contributed by atoms with Gasteiger partial charge >= 0.3 is 0 Å². The van der Waals surface area contributed by atoms with E-state index in [1.54, 1.807) is 0 Å². The molecule has 2 atom stereocenters. The Morgan fingerprint density at radius 2 is 1.06 bits per heavy atom. The summed E-state index contributed by atoms with van der Waals surface area (Å²) in [5, 5.41) is 9.45. The molecule has 1 N–H and O–H groups in total. The van der Waals surface area contributed by atoms with Crippen LogP contribution in [0.15, 0.2) is 117 Å².